The van der Waals surface area contributed by atoms with Gasteiger partial charge in [0.25, 0.3) is 0 Å². The Bertz CT molecular complexity index is 751. The summed E-state index contributed by atoms with van der Waals surface area (Å²) < 4.78 is 12.5. The maximum Gasteiger partial charge on any atom is 0.463 e. The predicted molar refractivity (Wildman–Crippen MR) is 119 cm³/mol. The van der Waals surface area contributed by atoms with Crippen LogP contribution in [0.3, 0.4) is 0 Å². The summed E-state index contributed by atoms with van der Waals surface area (Å²) in [5.74, 6) is 1.66. The number of fused-ring (bicyclic) bond motifs is 6. The molecular weight excluding hydrogens is 391 g/mol. The van der Waals surface area contributed by atoms with Gasteiger partial charge in [0.1, 0.15) is 5.60 Å². The second-order valence-electron chi connectivity index (χ2n) is 13.1. The van der Waals surface area contributed by atoms with E-state index in [-0.39, 0.29) is 40.6 Å². The molecule has 6 heteroatoms. The normalized spacial score (nSPS) is 52.6. The number of aliphatic hydroxyl groups is 2. The number of hydrogen-bond donors (Lipinski definition) is 2. The molecule has 0 radical (unpaired) electrons. The predicted octanol–water partition coefficient (Wildman–Crippen LogP) is 4.00. The van der Waals surface area contributed by atoms with E-state index in [2.05, 4.69) is 34.6 Å². The molecule has 0 amide bonds. The fourth-order valence-electron chi connectivity index (χ4n) is 8.98. The van der Waals surface area contributed by atoms with Crippen LogP contribution in [0.4, 0.5) is 0 Å². The van der Waals surface area contributed by atoms with Gasteiger partial charge < -0.3 is 19.5 Å². The first-order valence-corrected chi connectivity index (χ1v) is 12.6. The molecule has 5 fully saturated rings. The van der Waals surface area contributed by atoms with Gasteiger partial charge >= 0.3 is 7.12 Å². The molecule has 0 bridgehead atoms. The molecule has 0 aromatic heterocycles. The van der Waals surface area contributed by atoms with E-state index in [9.17, 15) is 15.0 Å². The van der Waals surface area contributed by atoms with Crippen LogP contribution in [-0.4, -0.2) is 47.5 Å². The molecule has 4 saturated carbocycles. The monoisotopic (exact) mass is 432 g/mol. The van der Waals surface area contributed by atoms with Gasteiger partial charge in [0.2, 0.25) is 0 Å². The highest BCUT2D eigenvalue weighted by atomic mass is 16.6. The van der Waals surface area contributed by atoms with E-state index in [1.165, 1.54) is 0 Å². The molecule has 1 spiro atoms. The van der Waals surface area contributed by atoms with Crippen LogP contribution in [0.1, 0.15) is 86.0 Å². The Morgan fingerprint density at radius 3 is 2.52 bits per heavy atom. The van der Waals surface area contributed by atoms with Crippen molar-refractivity contribution in [1.82, 2.24) is 0 Å². The molecule has 4 aliphatic carbocycles. The Balaban J connectivity index is 1.49. The number of carbonyl (C=O) groups is 1. The van der Waals surface area contributed by atoms with Gasteiger partial charge in [-0.3, -0.25) is 4.79 Å². The average Bonchev–Trinajstić information content (AvgIpc) is 2.96. The highest BCUT2D eigenvalue weighted by molar-refractivity contribution is 6.49. The summed E-state index contributed by atoms with van der Waals surface area (Å²) in [5.41, 5.74) is -1.09. The zero-order chi connectivity index (χ0) is 22.4. The maximum absolute atomic E-state index is 13.4. The van der Waals surface area contributed by atoms with E-state index in [1.807, 2.05) is 0 Å². The molecule has 1 saturated heterocycles. The smallest absolute Gasteiger partial charge is 0.403 e. The van der Waals surface area contributed by atoms with Gasteiger partial charge in [-0.1, -0.05) is 34.6 Å². The quantitative estimate of drug-likeness (QED) is 0.566. The van der Waals surface area contributed by atoms with E-state index in [0.717, 1.165) is 44.9 Å². The van der Waals surface area contributed by atoms with Crippen molar-refractivity contribution in [2.24, 2.45) is 34.5 Å². The van der Waals surface area contributed by atoms with Crippen molar-refractivity contribution >= 4 is 12.9 Å². The van der Waals surface area contributed by atoms with Crippen LogP contribution in [0.2, 0.25) is 5.31 Å². The SMILES string of the molecule is CC(C)(C)B1OCC(=O)[C@]2(CC[C@H]3[C@@H]4CC[C@@H]5C[C@H](O)CC[C@]5(C)[C@H]4[C@@H](O)C[C@@]32C)O1. The van der Waals surface area contributed by atoms with Crippen molar-refractivity contribution in [3.63, 3.8) is 0 Å². The zero-order valence-electron chi connectivity index (χ0n) is 20.0. The van der Waals surface area contributed by atoms with Crippen LogP contribution >= 0.6 is 0 Å². The van der Waals surface area contributed by atoms with Gasteiger partial charge in [-0.05, 0) is 85.8 Å². The molecule has 0 unspecified atom stereocenters. The van der Waals surface area contributed by atoms with Crippen LogP contribution in [0.15, 0.2) is 0 Å². The molecule has 1 aliphatic heterocycles. The second kappa shape index (κ2) is 7.04. The third kappa shape index (κ3) is 3.00. The summed E-state index contributed by atoms with van der Waals surface area (Å²) in [6.07, 6.45) is 6.73. The first-order valence-electron chi connectivity index (χ1n) is 12.6. The number of Topliss-reactive ketones (excluding diaryl/α,β-unsaturated/α-hetero) is 1. The Morgan fingerprint density at radius 2 is 1.81 bits per heavy atom. The van der Waals surface area contributed by atoms with Crippen molar-refractivity contribution < 1.29 is 24.3 Å². The number of hydrogen-bond acceptors (Lipinski definition) is 5. The van der Waals surface area contributed by atoms with Gasteiger partial charge in [-0.2, -0.15) is 0 Å². The fourth-order valence-corrected chi connectivity index (χ4v) is 8.98. The minimum absolute atomic E-state index is 0.0735. The summed E-state index contributed by atoms with van der Waals surface area (Å²) in [7, 11) is -0.399. The Hall–Kier alpha value is -0.425. The summed E-state index contributed by atoms with van der Waals surface area (Å²) in [6, 6.07) is 0. The lowest BCUT2D eigenvalue weighted by Gasteiger charge is -2.63. The van der Waals surface area contributed by atoms with E-state index >= 15 is 0 Å². The molecule has 0 aromatic carbocycles. The Labute approximate surface area is 187 Å². The number of ketones is 1. The fraction of sp³-hybridized carbons (Fsp3) is 0.960. The van der Waals surface area contributed by atoms with Gasteiger partial charge in [0.05, 0.1) is 18.8 Å². The molecule has 31 heavy (non-hydrogen) atoms. The minimum atomic E-state index is -0.833. The first kappa shape index (κ1) is 22.4. The third-order valence-corrected chi connectivity index (χ3v) is 10.5. The number of aliphatic hydroxyl groups excluding tert-OH is 2. The van der Waals surface area contributed by atoms with Crippen LogP contribution in [-0.2, 0) is 14.1 Å². The van der Waals surface area contributed by atoms with Gasteiger partial charge in [-0.25, -0.2) is 0 Å². The lowest BCUT2D eigenvalue weighted by molar-refractivity contribution is -0.205. The Morgan fingerprint density at radius 1 is 1.06 bits per heavy atom. The van der Waals surface area contributed by atoms with Gasteiger partial charge in [0, 0.05) is 5.41 Å². The molecule has 0 aromatic rings. The van der Waals surface area contributed by atoms with E-state index < -0.39 is 18.8 Å². The van der Waals surface area contributed by atoms with Crippen LogP contribution in [0.25, 0.3) is 0 Å². The van der Waals surface area contributed by atoms with Crippen molar-refractivity contribution in [1.29, 1.82) is 0 Å². The number of rotatable bonds is 0. The topological polar surface area (TPSA) is 76.0 Å². The molecular formula is C25H41BO5. The summed E-state index contributed by atoms with van der Waals surface area (Å²) in [4.78, 5) is 13.4. The lowest BCUT2D eigenvalue weighted by atomic mass is 9.43. The van der Waals surface area contributed by atoms with Crippen LogP contribution in [0.5, 0.6) is 0 Å². The zero-order valence-corrected chi connectivity index (χ0v) is 20.0. The molecule has 9 atom stereocenters. The molecule has 1 heterocycles. The van der Waals surface area contributed by atoms with E-state index in [4.69, 9.17) is 9.31 Å². The Kier molecular flexibility index (Phi) is 5.08. The summed E-state index contributed by atoms with van der Waals surface area (Å²) >= 11 is 0. The highest BCUT2D eigenvalue weighted by Crippen LogP contribution is 2.69. The first-order chi connectivity index (χ1) is 14.4. The van der Waals surface area contributed by atoms with Crippen molar-refractivity contribution in [2.45, 2.75) is 109 Å². The maximum atomic E-state index is 13.4. The van der Waals surface area contributed by atoms with E-state index in [1.54, 1.807) is 0 Å². The standard InChI is InChI=1S/C25H41BO5/c1-22(2,3)26-30-14-20(29)25(31-26)11-9-18-17-7-6-15-12-16(27)8-10-23(15,4)21(17)19(28)13-24(18,25)5/h15-19,21,27-28H,6-14H2,1-5H3/t15-,16-,17+,18+,19+,21-,23+,24+,25+/m1/s1. The van der Waals surface area contributed by atoms with Crippen molar-refractivity contribution in [2.75, 3.05) is 6.61 Å². The van der Waals surface area contributed by atoms with E-state index in [0.29, 0.717) is 24.2 Å². The molecule has 5 aliphatic rings. The van der Waals surface area contributed by atoms with Crippen molar-refractivity contribution in [3.05, 3.63) is 0 Å². The van der Waals surface area contributed by atoms with Crippen LogP contribution < -0.4 is 0 Å². The molecule has 5 nitrogen and oxygen atoms in total. The highest BCUT2D eigenvalue weighted by Gasteiger charge is 2.71. The minimum Gasteiger partial charge on any atom is -0.403 e. The molecule has 2 N–H and O–H groups in total. The van der Waals surface area contributed by atoms with Gasteiger partial charge in [0.15, 0.2) is 5.78 Å². The lowest BCUT2D eigenvalue weighted by Crippen LogP contribution is -2.67. The summed E-state index contributed by atoms with van der Waals surface area (Å²) in [5, 5.41) is 21.7. The van der Waals surface area contributed by atoms with Gasteiger partial charge in [-0.15, -0.1) is 0 Å². The summed E-state index contributed by atoms with van der Waals surface area (Å²) in [6.45, 7) is 11.0. The van der Waals surface area contributed by atoms with Crippen LogP contribution in [0, 0.1) is 34.5 Å². The molecule has 174 valence electrons. The molecule has 5 rings (SSSR count). The third-order valence-electron chi connectivity index (χ3n) is 10.5. The second-order valence-corrected chi connectivity index (χ2v) is 13.1. The largest absolute Gasteiger partial charge is 0.463 e. The average molecular weight is 432 g/mol. The van der Waals surface area contributed by atoms with Crippen molar-refractivity contribution in [3.8, 4) is 0 Å². The number of carbonyl (C=O) groups excluding carboxylic acids is 1.